The standard InChI is InChI=1S/C10H10N2O2/c1-7-3-8(10(13)14-2)5-12-6-11-4-9(7)12/h3-6H,1-2H3. The Bertz CT molecular complexity index is 488. The molecular weight excluding hydrogens is 180 g/mol. The molecule has 0 aromatic carbocycles. The number of pyridine rings is 1. The number of rotatable bonds is 1. The molecule has 2 rings (SSSR count). The van der Waals surface area contributed by atoms with Crippen LogP contribution in [0.25, 0.3) is 5.52 Å². The minimum absolute atomic E-state index is 0.330. The molecule has 0 amide bonds. The van der Waals surface area contributed by atoms with E-state index in [0.29, 0.717) is 5.56 Å². The molecule has 0 aliphatic carbocycles. The second-order valence-electron chi connectivity index (χ2n) is 3.09. The van der Waals surface area contributed by atoms with Crippen molar-refractivity contribution in [3.63, 3.8) is 0 Å². The summed E-state index contributed by atoms with van der Waals surface area (Å²) in [7, 11) is 1.37. The molecule has 0 bridgehead atoms. The average molecular weight is 190 g/mol. The topological polar surface area (TPSA) is 43.6 Å². The van der Waals surface area contributed by atoms with Crippen molar-refractivity contribution in [3.8, 4) is 0 Å². The van der Waals surface area contributed by atoms with Crippen LogP contribution in [0.5, 0.6) is 0 Å². The van der Waals surface area contributed by atoms with Gasteiger partial charge in [0.25, 0.3) is 0 Å². The van der Waals surface area contributed by atoms with E-state index in [1.165, 1.54) is 7.11 Å². The van der Waals surface area contributed by atoms with Crippen molar-refractivity contribution < 1.29 is 9.53 Å². The fourth-order valence-corrected chi connectivity index (χ4v) is 1.44. The average Bonchev–Trinajstić information content (AvgIpc) is 2.64. The number of carbonyl (C=O) groups excluding carboxylic acids is 1. The van der Waals surface area contributed by atoms with Crippen molar-refractivity contribution >= 4 is 11.5 Å². The number of aryl methyl sites for hydroxylation is 1. The van der Waals surface area contributed by atoms with Crippen molar-refractivity contribution in [2.75, 3.05) is 7.11 Å². The number of aromatic nitrogens is 2. The zero-order chi connectivity index (χ0) is 10.1. The van der Waals surface area contributed by atoms with Gasteiger partial charge in [0.05, 0.1) is 30.7 Å². The Morgan fingerprint density at radius 1 is 1.57 bits per heavy atom. The molecule has 2 aromatic heterocycles. The SMILES string of the molecule is COC(=O)c1cc(C)c2cncn2c1. The normalized spacial score (nSPS) is 10.4. The summed E-state index contributed by atoms with van der Waals surface area (Å²) < 4.78 is 6.45. The van der Waals surface area contributed by atoms with Crippen LogP contribution in [0.3, 0.4) is 0 Å². The summed E-state index contributed by atoms with van der Waals surface area (Å²) in [6.07, 6.45) is 5.13. The van der Waals surface area contributed by atoms with Crippen LogP contribution in [0.15, 0.2) is 24.8 Å². The summed E-state index contributed by atoms with van der Waals surface area (Å²) in [6.45, 7) is 1.93. The van der Waals surface area contributed by atoms with Crippen LogP contribution in [-0.2, 0) is 4.74 Å². The molecule has 2 aromatic rings. The number of fused-ring (bicyclic) bond motifs is 1. The molecule has 0 aliphatic heterocycles. The number of imidazole rings is 1. The van der Waals surface area contributed by atoms with Crippen LogP contribution < -0.4 is 0 Å². The minimum Gasteiger partial charge on any atom is -0.465 e. The quantitative estimate of drug-likeness (QED) is 0.639. The van der Waals surface area contributed by atoms with Gasteiger partial charge in [0.1, 0.15) is 0 Å². The zero-order valence-electron chi connectivity index (χ0n) is 8.02. The van der Waals surface area contributed by atoms with E-state index < -0.39 is 0 Å². The summed E-state index contributed by atoms with van der Waals surface area (Å²) in [5, 5.41) is 0. The highest BCUT2D eigenvalue weighted by atomic mass is 16.5. The molecule has 0 saturated heterocycles. The molecular formula is C10H10N2O2. The first-order valence-electron chi connectivity index (χ1n) is 4.23. The highest BCUT2D eigenvalue weighted by molar-refractivity contribution is 5.89. The van der Waals surface area contributed by atoms with Crippen LogP contribution in [-0.4, -0.2) is 22.5 Å². The number of hydrogen-bond acceptors (Lipinski definition) is 3. The fourth-order valence-electron chi connectivity index (χ4n) is 1.44. The summed E-state index contributed by atoms with van der Waals surface area (Å²) >= 11 is 0. The number of nitrogens with zero attached hydrogens (tertiary/aromatic N) is 2. The Kier molecular flexibility index (Phi) is 1.96. The van der Waals surface area contributed by atoms with Gasteiger partial charge in [-0.15, -0.1) is 0 Å². The van der Waals surface area contributed by atoms with E-state index in [9.17, 15) is 4.79 Å². The number of hydrogen-bond donors (Lipinski definition) is 0. The highest BCUT2D eigenvalue weighted by Crippen LogP contribution is 2.12. The second-order valence-corrected chi connectivity index (χ2v) is 3.09. The lowest BCUT2D eigenvalue weighted by molar-refractivity contribution is 0.0600. The van der Waals surface area contributed by atoms with Gasteiger partial charge in [-0.1, -0.05) is 0 Å². The number of esters is 1. The molecule has 0 spiro atoms. The van der Waals surface area contributed by atoms with Crippen LogP contribution >= 0.6 is 0 Å². The van der Waals surface area contributed by atoms with E-state index in [2.05, 4.69) is 9.72 Å². The van der Waals surface area contributed by atoms with Crippen molar-refractivity contribution in [1.29, 1.82) is 0 Å². The molecule has 0 aliphatic rings. The van der Waals surface area contributed by atoms with Gasteiger partial charge in [0, 0.05) is 6.20 Å². The van der Waals surface area contributed by atoms with Gasteiger partial charge in [-0.2, -0.15) is 0 Å². The second kappa shape index (κ2) is 3.14. The molecule has 72 valence electrons. The van der Waals surface area contributed by atoms with Crippen LogP contribution in [0.2, 0.25) is 0 Å². The van der Waals surface area contributed by atoms with Gasteiger partial charge >= 0.3 is 5.97 Å². The van der Waals surface area contributed by atoms with E-state index in [-0.39, 0.29) is 5.97 Å². The van der Waals surface area contributed by atoms with E-state index in [4.69, 9.17) is 0 Å². The Morgan fingerprint density at radius 2 is 2.36 bits per heavy atom. The first-order chi connectivity index (χ1) is 6.72. The van der Waals surface area contributed by atoms with Gasteiger partial charge in [-0.25, -0.2) is 9.78 Å². The third-order valence-electron chi connectivity index (χ3n) is 2.14. The van der Waals surface area contributed by atoms with Gasteiger partial charge in [0.15, 0.2) is 0 Å². The van der Waals surface area contributed by atoms with Crippen molar-refractivity contribution in [2.45, 2.75) is 6.92 Å². The lowest BCUT2D eigenvalue weighted by Crippen LogP contribution is -2.03. The summed E-state index contributed by atoms with van der Waals surface area (Å²) in [6, 6.07) is 1.79. The molecule has 0 unspecified atom stereocenters. The van der Waals surface area contributed by atoms with E-state index >= 15 is 0 Å². The largest absolute Gasteiger partial charge is 0.465 e. The van der Waals surface area contributed by atoms with Gasteiger partial charge < -0.3 is 9.14 Å². The maximum absolute atomic E-state index is 11.3. The fraction of sp³-hybridized carbons (Fsp3) is 0.200. The van der Waals surface area contributed by atoms with E-state index in [1.807, 2.05) is 11.3 Å². The lowest BCUT2D eigenvalue weighted by Gasteiger charge is -2.03. The Labute approximate surface area is 81.1 Å². The number of carbonyl (C=O) groups is 1. The minimum atomic E-state index is -0.330. The van der Waals surface area contributed by atoms with Crippen molar-refractivity contribution in [3.05, 3.63) is 35.9 Å². The predicted octanol–water partition coefficient (Wildman–Crippen LogP) is 1.43. The van der Waals surface area contributed by atoms with Crippen LogP contribution in [0, 0.1) is 6.92 Å². The molecule has 0 radical (unpaired) electrons. The first-order valence-corrected chi connectivity index (χ1v) is 4.23. The third kappa shape index (κ3) is 1.25. The molecule has 0 N–H and O–H groups in total. The van der Waals surface area contributed by atoms with Gasteiger partial charge in [-0.05, 0) is 18.6 Å². The summed E-state index contributed by atoms with van der Waals surface area (Å²) in [5.41, 5.74) is 2.54. The van der Waals surface area contributed by atoms with Crippen LogP contribution in [0.4, 0.5) is 0 Å². The molecule has 0 saturated carbocycles. The Balaban J connectivity index is 2.64. The molecule has 4 heteroatoms. The Hall–Kier alpha value is -1.84. The summed E-state index contributed by atoms with van der Waals surface area (Å²) in [5.74, 6) is -0.330. The molecule has 0 fully saturated rings. The monoisotopic (exact) mass is 190 g/mol. The number of ether oxygens (including phenoxy) is 1. The maximum atomic E-state index is 11.3. The van der Waals surface area contributed by atoms with Gasteiger partial charge in [0.2, 0.25) is 0 Å². The third-order valence-corrected chi connectivity index (χ3v) is 2.14. The van der Waals surface area contributed by atoms with Crippen LogP contribution in [0.1, 0.15) is 15.9 Å². The Morgan fingerprint density at radius 3 is 3.07 bits per heavy atom. The van der Waals surface area contributed by atoms with E-state index in [1.54, 1.807) is 24.8 Å². The van der Waals surface area contributed by atoms with Crippen molar-refractivity contribution in [1.82, 2.24) is 9.38 Å². The predicted molar refractivity (Wildman–Crippen MR) is 51.3 cm³/mol. The molecule has 0 atom stereocenters. The summed E-state index contributed by atoms with van der Waals surface area (Å²) in [4.78, 5) is 15.3. The number of methoxy groups -OCH3 is 1. The van der Waals surface area contributed by atoms with Gasteiger partial charge in [-0.3, -0.25) is 0 Å². The molecule has 4 nitrogen and oxygen atoms in total. The maximum Gasteiger partial charge on any atom is 0.339 e. The lowest BCUT2D eigenvalue weighted by atomic mass is 10.2. The van der Waals surface area contributed by atoms with Crippen molar-refractivity contribution in [2.24, 2.45) is 0 Å². The molecule has 2 heterocycles. The first kappa shape index (κ1) is 8.74. The smallest absolute Gasteiger partial charge is 0.339 e. The molecule has 14 heavy (non-hydrogen) atoms. The zero-order valence-corrected chi connectivity index (χ0v) is 8.02. The highest BCUT2D eigenvalue weighted by Gasteiger charge is 2.08. The van der Waals surface area contributed by atoms with E-state index in [0.717, 1.165) is 11.1 Å².